The highest BCUT2D eigenvalue weighted by atomic mass is 16.5. The fraction of sp³-hybridized carbons (Fsp3) is 0.152. The smallest absolute Gasteiger partial charge is 0.356 e. The Labute approximate surface area is 242 Å². The second kappa shape index (κ2) is 11.6. The molecule has 0 fully saturated rings. The first kappa shape index (κ1) is 28.1. The topological polar surface area (TPSA) is 158 Å². The third-order valence-electron chi connectivity index (χ3n) is 7.48. The Bertz CT molecular complexity index is 1840. The molecular weight excluding hydrogens is 532 g/mol. The van der Waals surface area contributed by atoms with E-state index >= 15 is 0 Å². The number of pyridine rings is 1. The van der Waals surface area contributed by atoms with Gasteiger partial charge in [0.05, 0.1) is 23.9 Å². The van der Waals surface area contributed by atoms with Crippen LogP contribution in [0.2, 0.25) is 0 Å². The molecule has 1 aliphatic carbocycles. The van der Waals surface area contributed by atoms with E-state index in [-0.39, 0.29) is 17.3 Å². The van der Waals surface area contributed by atoms with Crippen LogP contribution in [-0.4, -0.2) is 40.6 Å². The Hall–Kier alpha value is -5.44. The number of nitrogens with zero attached hydrogens (tertiary/aromatic N) is 1. The molecule has 1 atom stereocenters. The van der Waals surface area contributed by atoms with E-state index < -0.39 is 17.5 Å². The fourth-order valence-electron chi connectivity index (χ4n) is 5.31. The van der Waals surface area contributed by atoms with Crippen LogP contribution in [0.5, 0.6) is 0 Å². The minimum Gasteiger partial charge on any atom is -0.476 e. The molecule has 6 N–H and O–H groups in total. The molecule has 42 heavy (non-hydrogen) atoms. The molecule has 9 heteroatoms. The van der Waals surface area contributed by atoms with Gasteiger partial charge in [-0.25, -0.2) is 14.6 Å². The average molecular weight is 563 g/mol. The first-order chi connectivity index (χ1) is 20.2. The first-order valence-electron chi connectivity index (χ1n) is 13.4. The first-order valence-corrected chi connectivity index (χ1v) is 13.4. The van der Waals surface area contributed by atoms with Crippen LogP contribution in [0, 0.1) is 0 Å². The summed E-state index contributed by atoms with van der Waals surface area (Å²) in [5, 5.41) is 14.5. The van der Waals surface area contributed by atoms with Crippen LogP contribution in [0.15, 0.2) is 91.0 Å². The number of amides is 1. The van der Waals surface area contributed by atoms with E-state index in [0.29, 0.717) is 36.0 Å². The second-order valence-corrected chi connectivity index (χ2v) is 10.2. The number of fused-ring (bicyclic) bond motifs is 3. The summed E-state index contributed by atoms with van der Waals surface area (Å²) in [6.45, 7) is 0. The number of nitrogens with two attached hydrogens (primary N) is 2. The molecule has 0 saturated heterocycles. The van der Waals surface area contributed by atoms with Crippen molar-refractivity contribution in [2.24, 2.45) is 0 Å². The third kappa shape index (κ3) is 5.57. The van der Waals surface area contributed by atoms with Crippen molar-refractivity contribution in [2.45, 2.75) is 24.8 Å². The second-order valence-electron chi connectivity index (χ2n) is 10.2. The van der Waals surface area contributed by atoms with Crippen LogP contribution in [-0.2, 0) is 22.4 Å². The van der Waals surface area contributed by atoms with E-state index in [1.807, 2.05) is 54.6 Å². The van der Waals surface area contributed by atoms with Crippen molar-refractivity contribution in [3.8, 4) is 0 Å². The number of aromatic carboxylic acids is 1. The number of carboxylic acid groups (broad SMARTS) is 1. The number of methoxy groups -OCH3 is 1. The molecule has 6 rings (SSSR count). The SMILES string of the molecule is COC(=O)C1(NC(=O)c2cc3ccccc3cc2N)CCc2ccccc2C1.Nc1cc2ccccc2nc1C(=O)O. The van der Waals surface area contributed by atoms with Crippen molar-refractivity contribution < 1.29 is 24.2 Å². The van der Waals surface area contributed by atoms with Crippen LogP contribution < -0.4 is 16.8 Å². The number of anilines is 2. The highest BCUT2D eigenvalue weighted by molar-refractivity contribution is 6.06. The van der Waals surface area contributed by atoms with Gasteiger partial charge in [-0.2, -0.15) is 0 Å². The number of hydrogen-bond donors (Lipinski definition) is 4. The molecule has 1 heterocycles. The van der Waals surface area contributed by atoms with Gasteiger partial charge in [-0.3, -0.25) is 4.79 Å². The Morgan fingerprint density at radius 2 is 1.43 bits per heavy atom. The number of carbonyl (C=O) groups is 3. The molecule has 212 valence electrons. The molecule has 1 unspecified atom stereocenters. The van der Waals surface area contributed by atoms with Crippen LogP contribution in [0.25, 0.3) is 21.7 Å². The van der Waals surface area contributed by atoms with Gasteiger partial charge < -0.3 is 26.6 Å². The molecule has 0 saturated carbocycles. The summed E-state index contributed by atoms with van der Waals surface area (Å²) in [5.74, 6) is -1.91. The maximum Gasteiger partial charge on any atom is 0.356 e. The number of nitrogens with one attached hydrogen (secondary N) is 1. The van der Waals surface area contributed by atoms with E-state index in [4.69, 9.17) is 21.3 Å². The Morgan fingerprint density at radius 1 is 0.833 bits per heavy atom. The van der Waals surface area contributed by atoms with Crippen molar-refractivity contribution in [1.29, 1.82) is 0 Å². The lowest BCUT2D eigenvalue weighted by atomic mass is 9.77. The van der Waals surface area contributed by atoms with E-state index in [0.717, 1.165) is 21.7 Å². The summed E-state index contributed by atoms with van der Waals surface area (Å²) >= 11 is 0. The summed E-state index contributed by atoms with van der Waals surface area (Å²) < 4.78 is 5.06. The number of rotatable bonds is 4. The Kier molecular flexibility index (Phi) is 7.75. The largest absolute Gasteiger partial charge is 0.476 e. The zero-order valence-electron chi connectivity index (χ0n) is 23.0. The highest BCUT2D eigenvalue weighted by Gasteiger charge is 2.44. The lowest BCUT2D eigenvalue weighted by Crippen LogP contribution is -2.58. The van der Waals surface area contributed by atoms with Gasteiger partial charge in [0.15, 0.2) is 5.69 Å². The summed E-state index contributed by atoms with van der Waals surface area (Å²) in [7, 11) is 1.35. The van der Waals surface area contributed by atoms with Gasteiger partial charge in [-0.05, 0) is 59.0 Å². The molecule has 9 nitrogen and oxygen atoms in total. The maximum absolute atomic E-state index is 13.1. The lowest BCUT2D eigenvalue weighted by Gasteiger charge is -2.36. The zero-order chi connectivity index (χ0) is 29.9. The number of para-hydroxylation sites is 1. The van der Waals surface area contributed by atoms with Gasteiger partial charge in [-0.1, -0.05) is 66.7 Å². The summed E-state index contributed by atoms with van der Waals surface area (Å²) in [6.07, 6.45) is 1.57. The summed E-state index contributed by atoms with van der Waals surface area (Å²) in [5.41, 5.74) is 14.3. The number of aromatic nitrogens is 1. The lowest BCUT2D eigenvalue weighted by molar-refractivity contribution is -0.148. The van der Waals surface area contributed by atoms with E-state index in [2.05, 4.69) is 16.4 Å². The zero-order valence-corrected chi connectivity index (χ0v) is 23.0. The van der Waals surface area contributed by atoms with Gasteiger partial charge in [0.2, 0.25) is 0 Å². The number of aryl methyl sites for hydroxylation is 1. The molecular formula is C33H30N4O5. The maximum atomic E-state index is 13.1. The monoisotopic (exact) mass is 562 g/mol. The van der Waals surface area contributed by atoms with Crippen LogP contribution in [0.4, 0.5) is 11.4 Å². The van der Waals surface area contributed by atoms with Crippen LogP contribution in [0.3, 0.4) is 0 Å². The molecule has 0 bridgehead atoms. The number of hydrogen-bond acceptors (Lipinski definition) is 7. The molecule has 0 aliphatic heterocycles. The summed E-state index contributed by atoms with van der Waals surface area (Å²) in [4.78, 5) is 40.5. The van der Waals surface area contributed by atoms with E-state index in [9.17, 15) is 14.4 Å². The van der Waals surface area contributed by atoms with Crippen molar-refractivity contribution in [3.05, 3.63) is 113 Å². The van der Waals surface area contributed by atoms with E-state index in [1.165, 1.54) is 12.7 Å². The number of nitrogen functional groups attached to an aromatic ring is 2. The van der Waals surface area contributed by atoms with Gasteiger partial charge >= 0.3 is 11.9 Å². The Balaban J connectivity index is 0.000000211. The predicted molar refractivity (Wildman–Crippen MR) is 162 cm³/mol. The fourth-order valence-corrected chi connectivity index (χ4v) is 5.31. The molecule has 1 amide bonds. The van der Waals surface area contributed by atoms with Gasteiger partial charge in [0.1, 0.15) is 5.54 Å². The molecule has 1 aromatic heterocycles. The minimum absolute atomic E-state index is 0.0938. The molecule has 1 aliphatic rings. The van der Waals surface area contributed by atoms with Crippen molar-refractivity contribution in [2.75, 3.05) is 18.6 Å². The van der Waals surface area contributed by atoms with Crippen LogP contribution in [0.1, 0.15) is 38.4 Å². The standard InChI is InChI=1S/C23H22N2O3.C10H8N2O2/c1-28-22(27)23(11-10-15-6-2-5-9-18(15)14-23)25-21(26)19-12-16-7-3-4-8-17(16)13-20(19)24;11-7-5-6-3-1-2-4-8(6)12-9(7)10(13)14/h2-9,12-13H,10-11,14,24H2,1H3,(H,25,26);1-5H,11H2,(H,13,14). The Morgan fingerprint density at radius 3 is 2.12 bits per heavy atom. The molecule has 0 spiro atoms. The van der Waals surface area contributed by atoms with E-state index in [1.54, 1.807) is 30.3 Å². The number of carbonyl (C=O) groups excluding carboxylic acids is 2. The third-order valence-corrected chi connectivity index (χ3v) is 7.48. The predicted octanol–water partition coefficient (Wildman–Crippen LogP) is 4.77. The molecule has 5 aromatic rings. The molecule has 0 radical (unpaired) electrons. The van der Waals surface area contributed by atoms with Crippen LogP contribution >= 0.6 is 0 Å². The summed E-state index contributed by atoms with van der Waals surface area (Å²) in [6, 6.07) is 28.1. The quantitative estimate of drug-likeness (QED) is 0.180. The number of ether oxygens (including phenoxy) is 1. The van der Waals surface area contributed by atoms with Gasteiger partial charge in [0.25, 0.3) is 5.91 Å². The van der Waals surface area contributed by atoms with Crippen molar-refractivity contribution in [1.82, 2.24) is 10.3 Å². The average Bonchev–Trinajstić information content (AvgIpc) is 3.00. The number of esters is 1. The van der Waals surface area contributed by atoms with Gasteiger partial charge in [0, 0.05) is 17.5 Å². The normalized spacial score (nSPS) is 15.6. The number of carboxylic acids is 1. The van der Waals surface area contributed by atoms with Gasteiger partial charge in [-0.15, -0.1) is 0 Å². The number of benzene rings is 4. The molecule has 4 aromatic carbocycles. The van der Waals surface area contributed by atoms with Crippen molar-refractivity contribution in [3.63, 3.8) is 0 Å². The highest BCUT2D eigenvalue weighted by Crippen LogP contribution is 2.31. The van der Waals surface area contributed by atoms with Crippen molar-refractivity contribution >= 4 is 50.9 Å². The minimum atomic E-state index is -1.10.